The Labute approximate surface area is 170 Å². The fourth-order valence-corrected chi connectivity index (χ4v) is 2.25. The van der Waals surface area contributed by atoms with E-state index in [-0.39, 0.29) is 42.5 Å². The summed E-state index contributed by atoms with van der Waals surface area (Å²) in [4.78, 5) is 47.0. The van der Waals surface area contributed by atoms with Crippen molar-refractivity contribution in [1.29, 1.82) is 0 Å². The van der Waals surface area contributed by atoms with E-state index in [0.29, 0.717) is 33.0 Å². The van der Waals surface area contributed by atoms with Gasteiger partial charge in [0.25, 0.3) is 11.8 Å². The molecule has 4 amide bonds. The molecule has 1 rings (SSSR count). The number of hydrogen-bond acceptors (Lipinski definition) is 7. The van der Waals surface area contributed by atoms with Crippen LogP contribution in [0.4, 0.5) is 0 Å². The van der Waals surface area contributed by atoms with Crippen molar-refractivity contribution in [1.82, 2.24) is 15.5 Å². The second-order valence-corrected chi connectivity index (χ2v) is 7.05. The lowest BCUT2D eigenvalue weighted by Gasteiger charge is -2.16. The summed E-state index contributed by atoms with van der Waals surface area (Å²) >= 11 is 4.28. The van der Waals surface area contributed by atoms with Crippen LogP contribution in [0, 0.1) is 5.92 Å². The van der Waals surface area contributed by atoms with E-state index in [1.165, 1.54) is 12.2 Å². The van der Waals surface area contributed by atoms with Crippen molar-refractivity contribution >= 4 is 36.3 Å². The van der Waals surface area contributed by atoms with E-state index in [2.05, 4.69) is 23.3 Å². The maximum atomic E-state index is 11.7. The van der Waals surface area contributed by atoms with Gasteiger partial charge in [0, 0.05) is 38.1 Å². The van der Waals surface area contributed by atoms with E-state index >= 15 is 0 Å². The first kappa shape index (κ1) is 24.1. The molecule has 28 heavy (non-hydrogen) atoms. The van der Waals surface area contributed by atoms with Gasteiger partial charge in [0.2, 0.25) is 11.8 Å². The number of imide groups is 1. The number of ether oxygens (including phenoxy) is 2. The third-order valence-electron chi connectivity index (χ3n) is 3.82. The lowest BCUT2D eigenvalue weighted by atomic mass is 10.2. The summed E-state index contributed by atoms with van der Waals surface area (Å²) in [7, 11) is 0. The minimum atomic E-state index is -0.399. The van der Waals surface area contributed by atoms with Crippen LogP contribution in [-0.2, 0) is 28.7 Å². The monoisotopic (exact) mass is 415 g/mol. The van der Waals surface area contributed by atoms with Gasteiger partial charge in [-0.2, -0.15) is 12.6 Å². The summed E-state index contributed by atoms with van der Waals surface area (Å²) in [6.45, 7) is 5.64. The Morgan fingerprint density at radius 2 is 1.61 bits per heavy atom. The Hall–Kier alpha value is -1.91. The Bertz CT molecular complexity index is 564. The van der Waals surface area contributed by atoms with E-state index in [4.69, 9.17) is 9.47 Å². The van der Waals surface area contributed by atoms with Gasteiger partial charge >= 0.3 is 0 Å². The highest BCUT2D eigenvalue weighted by atomic mass is 32.1. The van der Waals surface area contributed by atoms with Crippen LogP contribution >= 0.6 is 12.6 Å². The Morgan fingerprint density at radius 1 is 1.00 bits per heavy atom. The number of rotatable bonds is 14. The van der Waals surface area contributed by atoms with Crippen LogP contribution in [0.25, 0.3) is 0 Å². The predicted octanol–water partition coefficient (Wildman–Crippen LogP) is -0.131. The number of thiol groups is 1. The van der Waals surface area contributed by atoms with Crippen LogP contribution in [0.15, 0.2) is 12.2 Å². The lowest BCUT2D eigenvalue weighted by molar-refractivity contribution is -0.137. The largest absolute Gasteiger partial charge is 0.379 e. The smallest absolute Gasteiger partial charge is 0.253 e. The maximum Gasteiger partial charge on any atom is 0.253 e. The molecule has 1 atom stereocenters. The minimum absolute atomic E-state index is 0.0499. The van der Waals surface area contributed by atoms with E-state index in [1.807, 2.05) is 13.8 Å². The maximum absolute atomic E-state index is 11.7. The Kier molecular flexibility index (Phi) is 11.5. The van der Waals surface area contributed by atoms with Crippen LogP contribution in [0.2, 0.25) is 0 Å². The number of nitrogens with zero attached hydrogens (tertiary/aromatic N) is 1. The van der Waals surface area contributed by atoms with Gasteiger partial charge in [-0.3, -0.25) is 24.1 Å². The number of carbonyl (C=O) groups is 4. The zero-order valence-corrected chi connectivity index (χ0v) is 17.2. The topological polar surface area (TPSA) is 114 Å². The number of hydrogen-bond donors (Lipinski definition) is 3. The third kappa shape index (κ3) is 9.86. The average Bonchev–Trinajstić information content (AvgIpc) is 2.96. The quantitative estimate of drug-likeness (QED) is 0.158. The van der Waals surface area contributed by atoms with Gasteiger partial charge in [-0.15, -0.1) is 0 Å². The first-order valence-electron chi connectivity index (χ1n) is 9.24. The fourth-order valence-electron chi connectivity index (χ4n) is 2.11. The van der Waals surface area contributed by atoms with E-state index in [9.17, 15) is 19.2 Å². The van der Waals surface area contributed by atoms with Crippen LogP contribution in [-0.4, -0.2) is 73.4 Å². The molecule has 0 saturated carbocycles. The van der Waals surface area contributed by atoms with Crippen molar-refractivity contribution < 1.29 is 28.7 Å². The standard InChI is InChI=1S/C18H29N3O6S/c1-13(2)18(28)20-15(23)6-9-26-11-12-27-10-7-19-14(22)5-8-21-16(24)3-4-17(21)25/h3-4,13,18,28H,5-12H2,1-2H3,(H,19,22)(H,20,23). The van der Waals surface area contributed by atoms with Gasteiger partial charge in [-0.05, 0) is 5.92 Å². The fraction of sp³-hybridized carbons (Fsp3) is 0.667. The van der Waals surface area contributed by atoms with Gasteiger partial charge in [0.1, 0.15) is 0 Å². The van der Waals surface area contributed by atoms with Crippen molar-refractivity contribution in [2.75, 3.05) is 39.5 Å². The van der Waals surface area contributed by atoms with Crippen molar-refractivity contribution in [2.45, 2.75) is 32.1 Å². The lowest BCUT2D eigenvalue weighted by Crippen LogP contribution is -2.35. The van der Waals surface area contributed by atoms with Gasteiger partial charge in [-0.25, -0.2) is 0 Å². The second kappa shape index (κ2) is 13.3. The molecule has 1 heterocycles. The van der Waals surface area contributed by atoms with Crippen LogP contribution < -0.4 is 10.6 Å². The molecule has 2 N–H and O–H groups in total. The summed E-state index contributed by atoms with van der Waals surface area (Å²) in [5.74, 6) is -0.912. The zero-order chi connectivity index (χ0) is 20.9. The highest BCUT2D eigenvalue weighted by Gasteiger charge is 2.23. The molecule has 1 aliphatic heterocycles. The molecule has 0 bridgehead atoms. The normalized spacial score (nSPS) is 14.6. The molecule has 0 spiro atoms. The third-order valence-corrected chi connectivity index (χ3v) is 4.54. The van der Waals surface area contributed by atoms with E-state index in [0.717, 1.165) is 4.90 Å². The highest BCUT2D eigenvalue weighted by molar-refractivity contribution is 7.80. The summed E-state index contributed by atoms with van der Waals surface area (Å²) in [6, 6.07) is 0. The molecular weight excluding hydrogens is 386 g/mol. The first-order valence-corrected chi connectivity index (χ1v) is 9.76. The van der Waals surface area contributed by atoms with Gasteiger partial charge < -0.3 is 20.1 Å². The van der Waals surface area contributed by atoms with Crippen molar-refractivity contribution in [2.24, 2.45) is 5.92 Å². The second-order valence-electron chi connectivity index (χ2n) is 6.49. The molecule has 0 aliphatic carbocycles. The van der Waals surface area contributed by atoms with Crippen LogP contribution in [0.5, 0.6) is 0 Å². The number of nitrogens with one attached hydrogen (secondary N) is 2. The molecule has 0 aromatic heterocycles. The molecule has 10 heteroatoms. The SMILES string of the molecule is CC(C)C(S)NC(=O)CCOCCOCCNC(=O)CCN1C(=O)C=CC1=O. The molecule has 9 nitrogen and oxygen atoms in total. The predicted molar refractivity (Wildman–Crippen MR) is 105 cm³/mol. The highest BCUT2D eigenvalue weighted by Crippen LogP contribution is 2.05. The van der Waals surface area contributed by atoms with Gasteiger partial charge in [0.15, 0.2) is 0 Å². The van der Waals surface area contributed by atoms with Crippen LogP contribution in [0.1, 0.15) is 26.7 Å². The molecule has 0 saturated heterocycles. The average molecular weight is 416 g/mol. The first-order chi connectivity index (χ1) is 13.3. The summed E-state index contributed by atoms with van der Waals surface area (Å²) in [5.41, 5.74) is 0. The minimum Gasteiger partial charge on any atom is -0.379 e. The summed E-state index contributed by atoms with van der Waals surface area (Å²) in [5, 5.41) is 5.25. The van der Waals surface area contributed by atoms with Gasteiger partial charge in [0.05, 0.1) is 31.8 Å². The van der Waals surface area contributed by atoms with E-state index < -0.39 is 11.8 Å². The molecule has 1 unspecified atom stereocenters. The molecule has 0 aromatic carbocycles. The molecular formula is C18H29N3O6S. The number of carbonyl (C=O) groups excluding carboxylic acids is 4. The van der Waals surface area contributed by atoms with E-state index in [1.54, 1.807) is 0 Å². The molecule has 158 valence electrons. The molecule has 1 aliphatic rings. The number of amides is 4. The van der Waals surface area contributed by atoms with Crippen molar-refractivity contribution in [3.63, 3.8) is 0 Å². The Balaban J connectivity index is 1.92. The summed E-state index contributed by atoms with van der Waals surface area (Å²) in [6.07, 6.45) is 2.68. The van der Waals surface area contributed by atoms with Gasteiger partial charge in [-0.1, -0.05) is 13.8 Å². The molecule has 0 radical (unpaired) electrons. The van der Waals surface area contributed by atoms with Crippen LogP contribution in [0.3, 0.4) is 0 Å². The molecule has 0 aromatic rings. The van der Waals surface area contributed by atoms with Crippen molar-refractivity contribution in [3.05, 3.63) is 12.2 Å². The van der Waals surface area contributed by atoms with Crippen molar-refractivity contribution in [3.8, 4) is 0 Å². The summed E-state index contributed by atoms with van der Waals surface area (Å²) < 4.78 is 10.6. The zero-order valence-electron chi connectivity index (χ0n) is 16.3. The molecule has 0 fully saturated rings. The Morgan fingerprint density at radius 3 is 2.21 bits per heavy atom.